The number of allylic oxidation sites excluding steroid dienone is 1. The van der Waals surface area contributed by atoms with E-state index in [4.69, 9.17) is 0 Å². The summed E-state index contributed by atoms with van der Waals surface area (Å²) in [7, 11) is 0. The molecule has 1 rings (SSSR count). The molecule has 0 fully saturated rings. The molecule has 2 nitrogen and oxygen atoms in total. The Bertz CT molecular complexity index is 470. The van der Waals surface area contributed by atoms with Crippen molar-refractivity contribution >= 4 is 0 Å². The molecule has 0 aromatic heterocycles. The maximum Gasteiger partial charge on any atom is 0.435 e. The molecule has 1 aliphatic heterocycles. The second-order valence-corrected chi connectivity index (χ2v) is 3.63. The molecule has 0 aliphatic carbocycles. The van der Waals surface area contributed by atoms with Crippen molar-refractivity contribution in [1.29, 1.82) is 0 Å². The first-order valence-electron chi connectivity index (χ1n) is 4.42. The number of hydrogen-bond acceptors (Lipinski definition) is 2. The summed E-state index contributed by atoms with van der Waals surface area (Å²) < 4.78 is 149. The predicted octanol–water partition coefficient (Wildman–Crippen LogP) is 4.69. The second kappa shape index (κ2) is 4.25. The molecule has 0 radical (unpaired) electrons. The van der Waals surface area contributed by atoms with Crippen LogP contribution in [0, 0.1) is 0 Å². The van der Waals surface area contributed by atoms with E-state index in [2.05, 4.69) is 0 Å². The molecule has 0 unspecified atom stereocenters. The molecule has 0 aromatic carbocycles. The van der Waals surface area contributed by atoms with Gasteiger partial charge in [0, 0.05) is 0 Å². The number of halogens is 12. The summed E-state index contributed by atoms with van der Waals surface area (Å²) in [4.78, 5) is 0. The van der Waals surface area contributed by atoms with Crippen molar-refractivity contribution in [2.45, 2.75) is 30.2 Å². The van der Waals surface area contributed by atoms with Crippen LogP contribution in [0.1, 0.15) is 0 Å². The van der Waals surface area contributed by atoms with Crippen LogP contribution in [-0.2, 0) is 0 Å². The van der Waals surface area contributed by atoms with Gasteiger partial charge in [-0.2, -0.15) is 57.8 Å². The Morgan fingerprint density at radius 1 is 0.619 bits per heavy atom. The third-order valence-corrected chi connectivity index (χ3v) is 2.27. The van der Waals surface area contributed by atoms with Crippen LogP contribution in [0.4, 0.5) is 52.7 Å². The molecule has 1 aliphatic rings. The Balaban J connectivity index is 3.86. The molecule has 0 bridgehead atoms. The van der Waals surface area contributed by atoms with Gasteiger partial charge in [-0.1, -0.05) is 0 Å². The van der Waals surface area contributed by atoms with Crippen LogP contribution in [0.25, 0.3) is 0 Å². The van der Waals surface area contributed by atoms with Gasteiger partial charge >= 0.3 is 30.2 Å². The van der Waals surface area contributed by atoms with E-state index >= 15 is 0 Å². The van der Waals surface area contributed by atoms with E-state index in [1.807, 2.05) is 0 Å². The van der Waals surface area contributed by atoms with Crippen molar-refractivity contribution in [2.75, 3.05) is 0 Å². The average molecular weight is 340 g/mol. The van der Waals surface area contributed by atoms with Crippen molar-refractivity contribution in [3.8, 4) is 0 Å². The van der Waals surface area contributed by atoms with E-state index < -0.39 is 41.5 Å². The number of rotatable bonds is 0. The van der Waals surface area contributed by atoms with Crippen LogP contribution >= 0.6 is 0 Å². The van der Waals surface area contributed by atoms with Crippen LogP contribution in [0.15, 0.2) is 21.5 Å². The summed E-state index contributed by atoms with van der Waals surface area (Å²) in [5.41, 5.74) is -13.4. The number of nitrogens with zero attached hydrogens (tertiary/aromatic N) is 2. The zero-order valence-electron chi connectivity index (χ0n) is 8.93. The summed E-state index contributed by atoms with van der Waals surface area (Å²) in [5.74, 6) is 0. The van der Waals surface area contributed by atoms with Gasteiger partial charge in [-0.15, -0.1) is 5.11 Å². The summed E-state index contributed by atoms with van der Waals surface area (Å²) in [6.45, 7) is 0. The van der Waals surface area contributed by atoms with E-state index in [1.165, 1.54) is 10.2 Å². The molecule has 0 aromatic rings. The number of azo groups is 1. The maximum absolute atomic E-state index is 12.5. The minimum atomic E-state index is -6.83. The molecular formula is C7F12N2. The Morgan fingerprint density at radius 2 is 1.00 bits per heavy atom. The Morgan fingerprint density at radius 3 is 1.24 bits per heavy atom. The van der Waals surface area contributed by atoms with Crippen molar-refractivity contribution in [3.63, 3.8) is 0 Å². The SMILES string of the molecule is FC(F)(F)C1=C(C(F)(F)F)C(C(F)(F)F)(C(F)(F)F)N=N1. The summed E-state index contributed by atoms with van der Waals surface area (Å²) in [6, 6.07) is 0. The third-order valence-electron chi connectivity index (χ3n) is 2.27. The zero-order valence-corrected chi connectivity index (χ0v) is 8.93. The predicted molar refractivity (Wildman–Crippen MR) is 38.8 cm³/mol. The molecule has 0 saturated carbocycles. The van der Waals surface area contributed by atoms with Crippen LogP contribution in [-0.4, -0.2) is 30.2 Å². The zero-order chi connectivity index (χ0) is 17.1. The van der Waals surface area contributed by atoms with Gasteiger partial charge in [0.2, 0.25) is 0 Å². The third kappa shape index (κ3) is 2.54. The van der Waals surface area contributed by atoms with Crippen molar-refractivity contribution in [2.24, 2.45) is 10.2 Å². The lowest BCUT2D eigenvalue weighted by atomic mass is 9.87. The first-order chi connectivity index (χ1) is 8.96. The lowest BCUT2D eigenvalue weighted by Gasteiger charge is -2.33. The molecule has 14 heteroatoms. The van der Waals surface area contributed by atoms with E-state index in [9.17, 15) is 52.7 Å². The van der Waals surface area contributed by atoms with Gasteiger partial charge in [-0.25, -0.2) is 0 Å². The molecule has 0 N–H and O–H groups in total. The lowest BCUT2D eigenvalue weighted by Crippen LogP contribution is -2.58. The monoisotopic (exact) mass is 340 g/mol. The van der Waals surface area contributed by atoms with Gasteiger partial charge in [0.1, 0.15) is 5.57 Å². The van der Waals surface area contributed by atoms with Crippen molar-refractivity contribution in [1.82, 2.24) is 0 Å². The smallest absolute Gasteiger partial charge is 0.167 e. The Labute approximate surface area is 106 Å². The minimum Gasteiger partial charge on any atom is -0.167 e. The number of hydrogen-bond donors (Lipinski definition) is 0. The van der Waals surface area contributed by atoms with Crippen molar-refractivity contribution < 1.29 is 52.7 Å². The van der Waals surface area contributed by atoms with Crippen molar-refractivity contribution in [3.05, 3.63) is 11.3 Å². The summed E-state index contributed by atoms with van der Waals surface area (Å²) in [6.07, 6.45) is -26.5. The lowest BCUT2D eigenvalue weighted by molar-refractivity contribution is -0.294. The van der Waals surface area contributed by atoms with Gasteiger partial charge in [0.25, 0.3) is 0 Å². The molecule has 0 spiro atoms. The highest BCUT2D eigenvalue weighted by Crippen LogP contribution is 2.59. The summed E-state index contributed by atoms with van der Waals surface area (Å²) >= 11 is 0. The van der Waals surface area contributed by atoms with E-state index in [1.54, 1.807) is 0 Å². The van der Waals surface area contributed by atoms with Gasteiger partial charge in [-0.05, 0) is 0 Å². The molecule has 0 atom stereocenters. The fourth-order valence-electron chi connectivity index (χ4n) is 1.49. The molecule has 1 heterocycles. The van der Waals surface area contributed by atoms with Gasteiger partial charge in [0.15, 0.2) is 5.70 Å². The molecule has 0 saturated heterocycles. The topological polar surface area (TPSA) is 24.7 Å². The Hall–Kier alpha value is -1.50. The van der Waals surface area contributed by atoms with Crippen LogP contribution in [0.5, 0.6) is 0 Å². The highest BCUT2D eigenvalue weighted by Gasteiger charge is 2.81. The minimum absolute atomic E-state index is 1.27. The number of alkyl halides is 12. The highest BCUT2D eigenvalue weighted by molar-refractivity contribution is 5.40. The van der Waals surface area contributed by atoms with Gasteiger partial charge in [-0.3, -0.25) is 0 Å². The Kier molecular flexibility index (Phi) is 3.55. The fourth-order valence-corrected chi connectivity index (χ4v) is 1.49. The first-order valence-corrected chi connectivity index (χ1v) is 4.42. The molecular weight excluding hydrogens is 340 g/mol. The van der Waals surface area contributed by atoms with Crippen LogP contribution < -0.4 is 0 Å². The quantitative estimate of drug-likeness (QED) is 0.572. The second-order valence-electron chi connectivity index (χ2n) is 3.63. The first kappa shape index (κ1) is 17.6. The van der Waals surface area contributed by atoms with Gasteiger partial charge < -0.3 is 0 Å². The van der Waals surface area contributed by atoms with E-state index in [0.717, 1.165) is 0 Å². The van der Waals surface area contributed by atoms with E-state index in [0.29, 0.717) is 0 Å². The van der Waals surface area contributed by atoms with Crippen LogP contribution in [0.2, 0.25) is 0 Å². The van der Waals surface area contributed by atoms with Crippen LogP contribution in [0.3, 0.4) is 0 Å². The maximum atomic E-state index is 12.5. The normalized spacial score (nSPS) is 20.4. The van der Waals surface area contributed by atoms with Gasteiger partial charge in [0.05, 0.1) is 0 Å². The average Bonchev–Trinajstić information content (AvgIpc) is 2.53. The molecule has 122 valence electrons. The summed E-state index contributed by atoms with van der Waals surface area (Å²) in [5, 5.41) is 2.73. The fraction of sp³-hybridized carbons (Fsp3) is 0.714. The molecule has 21 heavy (non-hydrogen) atoms. The largest absolute Gasteiger partial charge is 0.435 e. The van der Waals surface area contributed by atoms with E-state index in [-0.39, 0.29) is 0 Å². The standard InChI is InChI=1S/C7F12N2/c8-4(9,10)1-2(5(11,12)13)20-21-3(1,6(14,15)16)7(17,18)19. The molecule has 0 amide bonds. The highest BCUT2D eigenvalue weighted by atomic mass is 19.4.